The van der Waals surface area contributed by atoms with E-state index in [-0.39, 0.29) is 41.1 Å². The highest BCUT2D eigenvalue weighted by atomic mass is 32.2. The highest BCUT2D eigenvalue weighted by molar-refractivity contribution is 7.99. The van der Waals surface area contributed by atoms with E-state index in [0.29, 0.717) is 18.1 Å². The number of anilines is 1. The van der Waals surface area contributed by atoms with Gasteiger partial charge in [0.25, 0.3) is 0 Å². The largest absolute Gasteiger partial charge is 0.368 e. The normalized spacial score (nSPS) is 20.4. The highest BCUT2D eigenvalue weighted by Gasteiger charge is 2.34. The number of sulfone groups is 1. The molecule has 22 heavy (non-hydrogen) atoms. The van der Waals surface area contributed by atoms with Crippen molar-refractivity contribution in [2.45, 2.75) is 31.5 Å². The second kappa shape index (κ2) is 6.86. The molecule has 0 unspecified atom stereocenters. The van der Waals surface area contributed by atoms with Crippen molar-refractivity contribution >= 4 is 33.5 Å². The number of amides is 1. The topological polar surface area (TPSA) is 122 Å². The van der Waals surface area contributed by atoms with E-state index in [2.05, 4.69) is 15.2 Å². The van der Waals surface area contributed by atoms with Crippen LogP contribution in [0.25, 0.3) is 0 Å². The van der Waals surface area contributed by atoms with Gasteiger partial charge < -0.3 is 10.6 Å². The van der Waals surface area contributed by atoms with Crippen LogP contribution in [0.3, 0.4) is 0 Å². The number of H-pyrrole nitrogens is 1. The summed E-state index contributed by atoms with van der Waals surface area (Å²) in [4.78, 5) is 18.1. The molecule has 0 aromatic carbocycles. The standard InChI is InChI=1S/C12H21N5O3S2/c1-8(2)5-17(9-3-4-22(19,20)7-9)10(18)6-21-12-14-11(13)15-16-12/h8-9H,3-7H2,1-2H3,(H3,13,14,15,16)/t9-/m1/s1. The Hall–Kier alpha value is -1.29. The Morgan fingerprint density at radius 3 is 2.77 bits per heavy atom. The predicted octanol–water partition coefficient (Wildman–Crippen LogP) is 0.151. The van der Waals surface area contributed by atoms with E-state index in [0.717, 1.165) is 0 Å². The van der Waals surface area contributed by atoms with Crippen LogP contribution in [-0.2, 0) is 14.6 Å². The van der Waals surface area contributed by atoms with Crippen molar-refractivity contribution in [3.63, 3.8) is 0 Å². The molecule has 10 heteroatoms. The van der Waals surface area contributed by atoms with Crippen LogP contribution in [0.15, 0.2) is 5.16 Å². The molecule has 2 rings (SSSR count). The highest BCUT2D eigenvalue weighted by Crippen LogP contribution is 2.21. The number of nitrogen functional groups attached to an aromatic ring is 1. The van der Waals surface area contributed by atoms with Crippen molar-refractivity contribution in [3.05, 3.63) is 0 Å². The number of nitrogens with zero attached hydrogens (tertiary/aromatic N) is 3. The molecule has 0 saturated carbocycles. The van der Waals surface area contributed by atoms with E-state index in [9.17, 15) is 13.2 Å². The molecule has 1 saturated heterocycles. The number of hydrogen-bond donors (Lipinski definition) is 2. The second-order valence-electron chi connectivity index (χ2n) is 5.79. The van der Waals surface area contributed by atoms with Crippen LogP contribution in [0.4, 0.5) is 5.95 Å². The summed E-state index contributed by atoms with van der Waals surface area (Å²) in [6.07, 6.45) is 0.513. The molecular weight excluding hydrogens is 326 g/mol. The summed E-state index contributed by atoms with van der Waals surface area (Å²) < 4.78 is 23.3. The molecule has 1 atom stereocenters. The smallest absolute Gasteiger partial charge is 0.233 e. The minimum atomic E-state index is -3.02. The molecule has 3 N–H and O–H groups in total. The number of aromatic nitrogens is 3. The average Bonchev–Trinajstić information content (AvgIpc) is 2.98. The maximum Gasteiger partial charge on any atom is 0.233 e. The van der Waals surface area contributed by atoms with Gasteiger partial charge in [0, 0.05) is 12.6 Å². The number of nitrogens with two attached hydrogens (primary N) is 1. The van der Waals surface area contributed by atoms with E-state index in [1.165, 1.54) is 11.8 Å². The van der Waals surface area contributed by atoms with Crippen LogP contribution >= 0.6 is 11.8 Å². The molecule has 1 amide bonds. The zero-order valence-electron chi connectivity index (χ0n) is 12.7. The number of carbonyl (C=O) groups is 1. The Labute approximate surface area is 134 Å². The Bertz CT molecular complexity index is 628. The lowest BCUT2D eigenvalue weighted by molar-refractivity contribution is -0.130. The van der Waals surface area contributed by atoms with Crippen molar-refractivity contribution < 1.29 is 13.2 Å². The minimum Gasteiger partial charge on any atom is -0.368 e. The number of hydrogen-bond acceptors (Lipinski definition) is 7. The summed E-state index contributed by atoms with van der Waals surface area (Å²) in [6, 6.07) is -0.224. The number of rotatable bonds is 6. The molecule has 1 aliphatic rings. The molecule has 0 spiro atoms. The van der Waals surface area contributed by atoms with Crippen LogP contribution < -0.4 is 5.73 Å². The molecule has 1 aromatic rings. The van der Waals surface area contributed by atoms with Gasteiger partial charge in [0.2, 0.25) is 17.0 Å². The lowest BCUT2D eigenvalue weighted by Crippen LogP contribution is -2.44. The van der Waals surface area contributed by atoms with Gasteiger partial charge in [-0.25, -0.2) is 13.5 Å². The van der Waals surface area contributed by atoms with Gasteiger partial charge in [0.15, 0.2) is 9.84 Å². The van der Waals surface area contributed by atoms with Crippen molar-refractivity contribution in [2.24, 2.45) is 5.92 Å². The summed E-state index contributed by atoms with van der Waals surface area (Å²) in [7, 11) is -3.02. The lowest BCUT2D eigenvalue weighted by atomic mass is 10.1. The molecule has 2 heterocycles. The first-order valence-electron chi connectivity index (χ1n) is 7.07. The maximum atomic E-state index is 12.5. The van der Waals surface area contributed by atoms with Crippen LogP contribution in [0.1, 0.15) is 20.3 Å². The zero-order chi connectivity index (χ0) is 16.3. The number of nitrogens with one attached hydrogen (secondary N) is 1. The first kappa shape index (κ1) is 17.1. The fourth-order valence-electron chi connectivity index (χ4n) is 2.40. The van der Waals surface area contributed by atoms with Gasteiger partial charge in [-0.3, -0.25) is 4.79 Å². The fraction of sp³-hybridized carbons (Fsp3) is 0.750. The summed E-state index contributed by atoms with van der Waals surface area (Å²) in [6.45, 7) is 4.56. The number of thioether (sulfide) groups is 1. The SMILES string of the molecule is CC(C)CN(C(=O)CSc1n[nH]c(N)n1)[C@@H]1CCS(=O)(=O)C1. The van der Waals surface area contributed by atoms with Gasteiger partial charge in [-0.2, -0.15) is 4.98 Å². The summed E-state index contributed by atoms with van der Waals surface area (Å²) >= 11 is 1.19. The molecule has 0 bridgehead atoms. The summed E-state index contributed by atoms with van der Waals surface area (Å²) in [5.41, 5.74) is 5.44. The van der Waals surface area contributed by atoms with Crippen molar-refractivity contribution in [1.82, 2.24) is 20.1 Å². The Balaban J connectivity index is 2.00. The van der Waals surface area contributed by atoms with E-state index in [4.69, 9.17) is 5.73 Å². The number of carbonyl (C=O) groups excluding carboxylic acids is 1. The molecule has 1 aromatic heterocycles. The Kier molecular flexibility index (Phi) is 5.32. The van der Waals surface area contributed by atoms with E-state index in [1.807, 2.05) is 13.8 Å². The molecule has 1 aliphatic heterocycles. The molecular formula is C12H21N5O3S2. The summed E-state index contributed by atoms with van der Waals surface area (Å²) in [5.74, 6) is 0.769. The third-order valence-electron chi connectivity index (χ3n) is 3.34. The predicted molar refractivity (Wildman–Crippen MR) is 85.1 cm³/mol. The Morgan fingerprint density at radius 1 is 1.55 bits per heavy atom. The molecule has 0 radical (unpaired) electrons. The van der Waals surface area contributed by atoms with Gasteiger partial charge in [-0.05, 0) is 12.3 Å². The molecule has 0 aliphatic carbocycles. The lowest BCUT2D eigenvalue weighted by Gasteiger charge is -2.29. The molecule has 1 fully saturated rings. The van der Waals surface area contributed by atoms with Crippen LogP contribution in [0.2, 0.25) is 0 Å². The third-order valence-corrected chi connectivity index (χ3v) is 5.92. The van der Waals surface area contributed by atoms with Gasteiger partial charge in [0.05, 0.1) is 17.3 Å². The van der Waals surface area contributed by atoms with Crippen LogP contribution in [-0.4, -0.2) is 64.3 Å². The van der Waals surface area contributed by atoms with E-state index < -0.39 is 9.84 Å². The van der Waals surface area contributed by atoms with Gasteiger partial charge >= 0.3 is 0 Å². The van der Waals surface area contributed by atoms with Crippen LogP contribution in [0.5, 0.6) is 0 Å². The first-order valence-corrected chi connectivity index (χ1v) is 9.88. The third kappa shape index (κ3) is 4.60. The molecule has 8 nitrogen and oxygen atoms in total. The Morgan fingerprint density at radius 2 is 2.27 bits per heavy atom. The van der Waals surface area contributed by atoms with Crippen molar-refractivity contribution in [3.8, 4) is 0 Å². The van der Waals surface area contributed by atoms with Crippen molar-refractivity contribution in [2.75, 3.05) is 29.5 Å². The van der Waals surface area contributed by atoms with Crippen LogP contribution in [0, 0.1) is 5.92 Å². The molecule has 124 valence electrons. The second-order valence-corrected chi connectivity index (χ2v) is 8.96. The van der Waals surface area contributed by atoms with E-state index in [1.54, 1.807) is 4.90 Å². The zero-order valence-corrected chi connectivity index (χ0v) is 14.3. The minimum absolute atomic E-state index is 0.0593. The first-order chi connectivity index (χ1) is 10.3. The fourth-order valence-corrected chi connectivity index (χ4v) is 4.82. The van der Waals surface area contributed by atoms with Gasteiger partial charge in [0.1, 0.15) is 0 Å². The average molecular weight is 347 g/mol. The van der Waals surface area contributed by atoms with Gasteiger partial charge in [-0.1, -0.05) is 25.6 Å². The van der Waals surface area contributed by atoms with Crippen molar-refractivity contribution in [1.29, 1.82) is 0 Å². The van der Waals surface area contributed by atoms with Gasteiger partial charge in [-0.15, -0.1) is 5.10 Å². The number of aromatic amines is 1. The quantitative estimate of drug-likeness (QED) is 0.702. The maximum absolute atomic E-state index is 12.5. The monoisotopic (exact) mass is 347 g/mol. The van der Waals surface area contributed by atoms with E-state index >= 15 is 0 Å². The summed E-state index contributed by atoms with van der Waals surface area (Å²) in [5, 5.41) is 6.79.